The number of carbonyl (C=O) groups excluding carboxylic acids is 1. The van der Waals surface area contributed by atoms with Gasteiger partial charge in [-0.2, -0.15) is 5.06 Å². The van der Waals surface area contributed by atoms with E-state index in [1.54, 1.807) is 25.3 Å². The van der Waals surface area contributed by atoms with Crippen molar-refractivity contribution in [1.82, 2.24) is 15.3 Å². The minimum absolute atomic E-state index is 0.426. The summed E-state index contributed by atoms with van der Waals surface area (Å²) in [4.78, 5) is 26.1. The highest BCUT2D eigenvalue weighted by atomic mass is 35.5. The molecule has 1 aliphatic rings. The summed E-state index contributed by atoms with van der Waals surface area (Å²) in [5.74, 6) is 1.66. The number of methoxy groups -OCH3 is 1. The standard InChI is InChI=1S/C29H32Cl2N4O4/c1-5-38-25-18-23(37-4)14-15-24(25)28-33-26(19-6-10-21(30)11-7-19)27(20-8-12-22(31)13-9-20)35(28)39-29(36)34(3)17-16-32-2/h6-15,18,26-27,32H,5,16-17H2,1-4H3. The number of rotatable bonds is 10. The molecule has 2 atom stereocenters. The lowest BCUT2D eigenvalue weighted by atomic mass is 9.94. The molecule has 4 rings (SSSR count). The zero-order chi connectivity index (χ0) is 27.9. The highest BCUT2D eigenvalue weighted by molar-refractivity contribution is 6.30. The number of hydrogen-bond donors (Lipinski definition) is 1. The van der Waals surface area contributed by atoms with Crippen molar-refractivity contribution in [3.8, 4) is 11.5 Å². The zero-order valence-corrected chi connectivity index (χ0v) is 23.9. The van der Waals surface area contributed by atoms with Crippen LogP contribution in [0.4, 0.5) is 4.79 Å². The fourth-order valence-corrected chi connectivity index (χ4v) is 4.57. The second-order valence-corrected chi connectivity index (χ2v) is 9.82. The number of carbonyl (C=O) groups is 1. The van der Waals surface area contributed by atoms with E-state index in [1.165, 1.54) is 4.90 Å². The maximum atomic E-state index is 13.3. The van der Waals surface area contributed by atoms with Crippen molar-refractivity contribution >= 4 is 35.1 Å². The fraction of sp³-hybridized carbons (Fsp3) is 0.310. The Hall–Kier alpha value is -3.46. The van der Waals surface area contributed by atoms with E-state index in [1.807, 2.05) is 74.6 Å². The largest absolute Gasteiger partial charge is 0.497 e. The highest BCUT2D eigenvalue weighted by Gasteiger charge is 2.43. The average Bonchev–Trinajstić information content (AvgIpc) is 3.31. The minimum Gasteiger partial charge on any atom is -0.497 e. The molecule has 0 bridgehead atoms. The van der Waals surface area contributed by atoms with Crippen LogP contribution in [0.25, 0.3) is 0 Å². The summed E-state index contributed by atoms with van der Waals surface area (Å²) in [5.41, 5.74) is 2.44. The Morgan fingerprint density at radius 1 is 1.03 bits per heavy atom. The quantitative estimate of drug-likeness (QED) is 0.315. The number of ether oxygens (including phenoxy) is 2. The summed E-state index contributed by atoms with van der Waals surface area (Å²) in [6.07, 6.45) is -0.514. The van der Waals surface area contributed by atoms with E-state index in [4.69, 9.17) is 42.5 Å². The normalized spacial score (nSPS) is 16.6. The first kappa shape index (κ1) is 28.5. The smallest absolute Gasteiger partial charge is 0.434 e. The van der Waals surface area contributed by atoms with E-state index >= 15 is 0 Å². The number of benzene rings is 3. The molecule has 39 heavy (non-hydrogen) atoms. The van der Waals surface area contributed by atoms with Gasteiger partial charge in [0.15, 0.2) is 5.84 Å². The van der Waals surface area contributed by atoms with Crippen LogP contribution in [0.1, 0.15) is 35.7 Å². The third-order valence-corrected chi connectivity index (χ3v) is 6.86. The van der Waals surface area contributed by atoms with Crippen molar-refractivity contribution in [3.05, 3.63) is 93.5 Å². The molecular weight excluding hydrogens is 539 g/mol. The van der Waals surface area contributed by atoms with Crippen molar-refractivity contribution in [2.24, 2.45) is 4.99 Å². The topological polar surface area (TPSA) is 75.6 Å². The summed E-state index contributed by atoms with van der Waals surface area (Å²) in [6.45, 7) is 3.42. The van der Waals surface area contributed by atoms with E-state index in [9.17, 15) is 4.79 Å². The second-order valence-electron chi connectivity index (χ2n) is 8.95. The molecule has 10 heteroatoms. The van der Waals surface area contributed by atoms with Crippen LogP contribution in [0.15, 0.2) is 71.7 Å². The number of halogens is 2. The summed E-state index contributed by atoms with van der Waals surface area (Å²) < 4.78 is 11.4. The summed E-state index contributed by atoms with van der Waals surface area (Å²) in [6, 6.07) is 19.5. The van der Waals surface area contributed by atoms with E-state index < -0.39 is 18.2 Å². The number of nitrogens with zero attached hydrogens (tertiary/aromatic N) is 3. The van der Waals surface area contributed by atoms with Gasteiger partial charge in [0.05, 0.1) is 19.3 Å². The highest BCUT2D eigenvalue weighted by Crippen LogP contribution is 2.45. The van der Waals surface area contributed by atoms with Crippen LogP contribution >= 0.6 is 23.2 Å². The Balaban J connectivity index is 1.87. The zero-order valence-electron chi connectivity index (χ0n) is 22.4. The van der Waals surface area contributed by atoms with Crippen LogP contribution in [0.5, 0.6) is 11.5 Å². The molecule has 1 aliphatic heterocycles. The molecule has 0 aromatic heterocycles. The number of aliphatic imine (C=N–C) groups is 1. The predicted molar refractivity (Wildman–Crippen MR) is 154 cm³/mol. The van der Waals surface area contributed by atoms with E-state index in [0.717, 1.165) is 11.1 Å². The number of amides is 1. The van der Waals surface area contributed by atoms with Gasteiger partial charge in [-0.3, -0.25) is 4.99 Å². The monoisotopic (exact) mass is 570 g/mol. The van der Waals surface area contributed by atoms with Gasteiger partial charge in [0.1, 0.15) is 23.6 Å². The van der Waals surface area contributed by atoms with Gasteiger partial charge in [-0.1, -0.05) is 47.5 Å². The van der Waals surface area contributed by atoms with Crippen LogP contribution in [0.3, 0.4) is 0 Å². The molecule has 0 saturated heterocycles. The molecular formula is C29H32Cl2N4O4. The van der Waals surface area contributed by atoms with Crippen molar-refractivity contribution in [2.75, 3.05) is 40.9 Å². The SMILES string of the molecule is CCOc1cc(OC)ccc1C1=NC(c2ccc(Cl)cc2)C(c2ccc(Cl)cc2)N1OC(=O)N(C)CCNC. The minimum atomic E-state index is -0.514. The summed E-state index contributed by atoms with van der Waals surface area (Å²) in [5, 5.41) is 5.84. The maximum Gasteiger partial charge on any atom is 0.434 e. The summed E-state index contributed by atoms with van der Waals surface area (Å²) >= 11 is 12.4. The van der Waals surface area contributed by atoms with Crippen molar-refractivity contribution in [1.29, 1.82) is 0 Å². The lowest BCUT2D eigenvalue weighted by Crippen LogP contribution is -2.41. The summed E-state index contributed by atoms with van der Waals surface area (Å²) in [7, 11) is 5.12. The van der Waals surface area contributed by atoms with Gasteiger partial charge in [-0.15, -0.1) is 0 Å². The fourth-order valence-electron chi connectivity index (χ4n) is 4.32. The molecule has 0 aliphatic carbocycles. The van der Waals surface area contributed by atoms with Gasteiger partial charge in [-0.05, 0) is 61.5 Å². The van der Waals surface area contributed by atoms with Gasteiger partial charge in [0, 0.05) is 36.2 Å². The number of hydrogen-bond acceptors (Lipinski definition) is 7. The molecule has 0 radical (unpaired) electrons. The molecule has 2 unspecified atom stereocenters. The molecule has 3 aromatic rings. The van der Waals surface area contributed by atoms with Crippen molar-refractivity contribution in [3.63, 3.8) is 0 Å². The van der Waals surface area contributed by atoms with Gasteiger partial charge in [-0.25, -0.2) is 4.79 Å². The Bertz CT molecular complexity index is 1300. The molecule has 1 amide bonds. The first-order chi connectivity index (χ1) is 18.9. The Morgan fingerprint density at radius 2 is 1.67 bits per heavy atom. The number of likely N-dealkylation sites (N-methyl/N-ethyl adjacent to an activating group) is 2. The molecule has 0 saturated carbocycles. The van der Waals surface area contributed by atoms with Gasteiger partial charge in [0.2, 0.25) is 0 Å². The average molecular weight is 572 g/mol. The van der Waals surface area contributed by atoms with Crippen LogP contribution in [-0.4, -0.2) is 62.8 Å². The lowest BCUT2D eigenvalue weighted by molar-refractivity contribution is -0.0772. The van der Waals surface area contributed by atoms with Gasteiger partial charge >= 0.3 is 6.09 Å². The maximum absolute atomic E-state index is 13.3. The van der Waals surface area contributed by atoms with Crippen molar-refractivity contribution < 1.29 is 19.1 Å². The Kier molecular flexibility index (Phi) is 9.56. The van der Waals surface area contributed by atoms with E-state index in [-0.39, 0.29) is 0 Å². The second kappa shape index (κ2) is 13.1. The third-order valence-electron chi connectivity index (χ3n) is 6.36. The number of hydroxylamine groups is 2. The van der Waals surface area contributed by atoms with E-state index in [2.05, 4.69) is 5.32 Å². The number of amidine groups is 1. The van der Waals surface area contributed by atoms with Crippen molar-refractivity contribution in [2.45, 2.75) is 19.0 Å². The molecule has 8 nitrogen and oxygen atoms in total. The number of nitrogens with one attached hydrogen (secondary N) is 1. The molecule has 0 spiro atoms. The lowest BCUT2D eigenvalue weighted by Gasteiger charge is -2.31. The predicted octanol–water partition coefficient (Wildman–Crippen LogP) is 6.15. The molecule has 1 N–H and O–H groups in total. The first-order valence-electron chi connectivity index (χ1n) is 12.6. The first-order valence-corrected chi connectivity index (χ1v) is 13.4. The van der Waals surface area contributed by atoms with Crippen LogP contribution in [0.2, 0.25) is 10.0 Å². The molecule has 206 valence electrons. The third kappa shape index (κ3) is 6.58. The Labute approximate surface area is 239 Å². The van der Waals surface area contributed by atoms with Gasteiger partial charge < -0.3 is 24.5 Å². The Morgan fingerprint density at radius 3 is 2.26 bits per heavy atom. The molecule has 0 fully saturated rings. The van der Waals surface area contributed by atoms with E-state index in [0.29, 0.717) is 52.6 Å². The van der Waals surface area contributed by atoms with Crippen LogP contribution < -0.4 is 14.8 Å². The van der Waals surface area contributed by atoms with Crippen LogP contribution in [0, 0.1) is 0 Å². The molecule has 3 aromatic carbocycles. The van der Waals surface area contributed by atoms with Gasteiger partial charge in [0.25, 0.3) is 0 Å². The van der Waals surface area contributed by atoms with Crippen LogP contribution in [-0.2, 0) is 4.84 Å². The molecule has 1 heterocycles.